The average Bonchev–Trinajstić information content (AvgIpc) is 3.50. The summed E-state index contributed by atoms with van der Waals surface area (Å²) in [5.41, 5.74) is 8.08. The minimum absolute atomic E-state index is 0.0481. The van der Waals surface area contributed by atoms with Gasteiger partial charge in [-0.15, -0.1) is 0 Å². The van der Waals surface area contributed by atoms with E-state index in [2.05, 4.69) is 56.3 Å². The van der Waals surface area contributed by atoms with Gasteiger partial charge in [-0.2, -0.15) is 10.4 Å². The van der Waals surface area contributed by atoms with E-state index in [1.54, 1.807) is 0 Å². The molecule has 1 fully saturated rings. The van der Waals surface area contributed by atoms with Crippen molar-refractivity contribution in [3.05, 3.63) is 81.7 Å². The van der Waals surface area contributed by atoms with Crippen LogP contribution in [0.3, 0.4) is 0 Å². The number of hydrogen-bond donors (Lipinski definition) is 0. The van der Waals surface area contributed by atoms with Crippen LogP contribution in [0.5, 0.6) is 5.75 Å². The zero-order chi connectivity index (χ0) is 27.9. The third kappa shape index (κ3) is 4.40. The van der Waals surface area contributed by atoms with Crippen molar-refractivity contribution in [2.24, 2.45) is 11.8 Å². The maximum absolute atomic E-state index is 12.9. The zero-order valence-electron chi connectivity index (χ0n) is 23.9. The SMILES string of the molecule is CCOC(=O)c1nn(CCC#N)c2c1CC1C3CCc4cc(OCc5ccccc5)c(CC)cc4C3CC[C@]21C. The number of aromatic nitrogens is 2. The van der Waals surface area contributed by atoms with Gasteiger partial charge in [-0.05, 0) is 91.5 Å². The molecule has 0 N–H and O–H groups in total. The Morgan fingerprint density at radius 3 is 2.77 bits per heavy atom. The fourth-order valence-corrected chi connectivity index (χ4v) is 8.02. The van der Waals surface area contributed by atoms with Gasteiger partial charge in [-0.1, -0.05) is 50.2 Å². The summed E-state index contributed by atoms with van der Waals surface area (Å²) in [4.78, 5) is 12.9. The van der Waals surface area contributed by atoms with Gasteiger partial charge in [0.25, 0.3) is 0 Å². The highest BCUT2D eigenvalue weighted by Gasteiger charge is 2.56. The van der Waals surface area contributed by atoms with Crippen molar-refractivity contribution in [1.82, 2.24) is 9.78 Å². The van der Waals surface area contributed by atoms with Gasteiger partial charge in [0, 0.05) is 16.7 Å². The van der Waals surface area contributed by atoms with Crippen molar-refractivity contribution in [3.63, 3.8) is 0 Å². The Balaban J connectivity index is 1.30. The quantitative estimate of drug-likeness (QED) is 0.299. The van der Waals surface area contributed by atoms with Crippen LogP contribution in [-0.4, -0.2) is 22.4 Å². The summed E-state index contributed by atoms with van der Waals surface area (Å²) in [6, 6.07) is 17.4. The molecule has 0 saturated heterocycles. The molecule has 6 heteroatoms. The normalized spacial score (nSPS) is 24.3. The average molecular weight is 538 g/mol. The molecule has 0 bridgehead atoms. The van der Waals surface area contributed by atoms with Crippen molar-refractivity contribution < 1.29 is 14.3 Å². The Kier molecular flexibility index (Phi) is 7.16. The molecule has 2 aromatic carbocycles. The van der Waals surface area contributed by atoms with Gasteiger partial charge >= 0.3 is 5.97 Å². The predicted octanol–water partition coefficient (Wildman–Crippen LogP) is 6.68. The molecular weight excluding hydrogens is 498 g/mol. The van der Waals surface area contributed by atoms with Gasteiger partial charge in [-0.25, -0.2) is 4.79 Å². The van der Waals surface area contributed by atoms with E-state index in [-0.39, 0.29) is 11.4 Å². The predicted molar refractivity (Wildman–Crippen MR) is 153 cm³/mol. The van der Waals surface area contributed by atoms with Crippen LogP contribution in [0.25, 0.3) is 0 Å². The number of aryl methyl sites for hydroxylation is 3. The molecule has 0 aliphatic heterocycles. The molecule has 1 heterocycles. The molecule has 0 radical (unpaired) electrons. The van der Waals surface area contributed by atoms with Crippen molar-refractivity contribution in [3.8, 4) is 11.8 Å². The first-order valence-corrected chi connectivity index (χ1v) is 14.9. The maximum atomic E-state index is 12.9. The van der Waals surface area contributed by atoms with Crippen LogP contribution in [-0.2, 0) is 42.6 Å². The number of fused-ring (bicyclic) bond motifs is 7. The fraction of sp³-hybridized carbons (Fsp3) is 0.500. The molecule has 3 aromatic rings. The Morgan fingerprint density at radius 2 is 2.02 bits per heavy atom. The minimum atomic E-state index is -0.335. The summed E-state index contributed by atoms with van der Waals surface area (Å²) in [7, 11) is 0. The second-order valence-corrected chi connectivity index (χ2v) is 11.9. The summed E-state index contributed by atoms with van der Waals surface area (Å²) in [5, 5.41) is 14.0. The third-order valence-corrected chi connectivity index (χ3v) is 9.83. The molecule has 0 amide bonds. The van der Waals surface area contributed by atoms with Gasteiger partial charge in [0.2, 0.25) is 0 Å². The summed E-state index contributed by atoms with van der Waals surface area (Å²) in [6.07, 6.45) is 6.56. The molecule has 6 rings (SSSR count). The van der Waals surface area contributed by atoms with E-state index in [0.29, 0.717) is 49.6 Å². The van der Waals surface area contributed by atoms with Crippen LogP contribution >= 0.6 is 0 Å². The van der Waals surface area contributed by atoms with E-state index in [9.17, 15) is 10.1 Å². The number of benzene rings is 2. The van der Waals surface area contributed by atoms with Crippen molar-refractivity contribution in [1.29, 1.82) is 5.26 Å². The van der Waals surface area contributed by atoms with Crippen LogP contribution in [0, 0.1) is 23.2 Å². The number of nitrogens with zero attached hydrogens (tertiary/aromatic N) is 3. The summed E-state index contributed by atoms with van der Waals surface area (Å²) < 4.78 is 13.7. The Morgan fingerprint density at radius 1 is 1.20 bits per heavy atom. The molecule has 3 aliphatic carbocycles. The van der Waals surface area contributed by atoms with E-state index in [0.717, 1.165) is 49.8 Å². The number of ether oxygens (including phenoxy) is 2. The van der Waals surface area contributed by atoms with Crippen molar-refractivity contribution in [2.45, 2.75) is 90.2 Å². The zero-order valence-corrected chi connectivity index (χ0v) is 23.9. The highest BCUT2D eigenvalue weighted by Crippen LogP contribution is 2.60. The lowest BCUT2D eigenvalue weighted by molar-refractivity contribution is 0.0514. The van der Waals surface area contributed by atoms with E-state index in [1.165, 1.54) is 27.9 Å². The first-order valence-electron chi connectivity index (χ1n) is 14.9. The number of rotatable bonds is 8. The molecule has 1 aromatic heterocycles. The summed E-state index contributed by atoms with van der Waals surface area (Å²) >= 11 is 0. The molecule has 4 atom stereocenters. The van der Waals surface area contributed by atoms with E-state index < -0.39 is 0 Å². The van der Waals surface area contributed by atoms with E-state index in [1.807, 2.05) is 17.7 Å². The number of carbonyl (C=O) groups excluding carboxylic acids is 1. The lowest BCUT2D eigenvalue weighted by atomic mass is 9.55. The second-order valence-electron chi connectivity index (χ2n) is 11.9. The maximum Gasteiger partial charge on any atom is 0.359 e. The molecule has 1 saturated carbocycles. The molecule has 3 unspecified atom stereocenters. The number of hydrogen-bond acceptors (Lipinski definition) is 5. The van der Waals surface area contributed by atoms with E-state index in [4.69, 9.17) is 14.6 Å². The topological polar surface area (TPSA) is 77.1 Å². The Labute approximate surface area is 237 Å². The Bertz CT molecular complexity index is 1450. The lowest BCUT2D eigenvalue weighted by Gasteiger charge is -2.49. The first-order chi connectivity index (χ1) is 19.5. The lowest BCUT2D eigenvalue weighted by Crippen LogP contribution is -2.44. The molecule has 6 nitrogen and oxygen atoms in total. The summed E-state index contributed by atoms with van der Waals surface area (Å²) in [6.45, 7) is 7.86. The van der Waals surface area contributed by atoms with Crippen LogP contribution < -0.4 is 4.74 Å². The summed E-state index contributed by atoms with van der Waals surface area (Å²) in [5.74, 6) is 2.21. The molecule has 208 valence electrons. The third-order valence-electron chi connectivity index (χ3n) is 9.83. The monoisotopic (exact) mass is 537 g/mol. The van der Waals surface area contributed by atoms with Crippen molar-refractivity contribution >= 4 is 5.97 Å². The number of nitriles is 1. The van der Waals surface area contributed by atoms with Gasteiger partial charge < -0.3 is 9.47 Å². The van der Waals surface area contributed by atoms with Crippen LogP contribution in [0.4, 0.5) is 0 Å². The van der Waals surface area contributed by atoms with Gasteiger partial charge in [0.1, 0.15) is 12.4 Å². The minimum Gasteiger partial charge on any atom is -0.489 e. The second kappa shape index (κ2) is 10.8. The highest BCUT2D eigenvalue weighted by atomic mass is 16.5. The molecule has 0 spiro atoms. The molecular formula is C34H39N3O3. The first kappa shape index (κ1) is 26.6. The number of esters is 1. The standard InChI is InChI=1S/C34H39N3O3/c1-4-23-18-27-24(19-30(23)40-21-22-10-7-6-8-11-22)12-13-26-25(27)14-15-34(3)29(26)20-28-31(33(38)39-5-2)36-37(32(28)34)17-9-16-35/h6-8,10-11,18-19,25-26,29H,4-5,9,12-15,17,20-21H2,1-3H3/t25?,26?,29?,34-/m0/s1. The van der Waals surface area contributed by atoms with Crippen LogP contribution in [0.15, 0.2) is 42.5 Å². The largest absolute Gasteiger partial charge is 0.489 e. The van der Waals surface area contributed by atoms with Crippen LogP contribution in [0.2, 0.25) is 0 Å². The molecule has 3 aliphatic rings. The van der Waals surface area contributed by atoms with Crippen LogP contribution in [0.1, 0.15) is 96.4 Å². The van der Waals surface area contributed by atoms with Gasteiger partial charge in [-0.3, -0.25) is 4.68 Å². The van der Waals surface area contributed by atoms with Gasteiger partial charge in [0.15, 0.2) is 5.69 Å². The smallest absolute Gasteiger partial charge is 0.359 e. The Hall–Kier alpha value is -3.59. The van der Waals surface area contributed by atoms with Gasteiger partial charge in [0.05, 0.1) is 25.6 Å². The highest BCUT2D eigenvalue weighted by molar-refractivity contribution is 5.89. The van der Waals surface area contributed by atoms with Crippen molar-refractivity contribution in [2.75, 3.05) is 6.61 Å². The number of carbonyl (C=O) groups is 1. The molecule has 40 heavy (non-hydrogen) atoms. The fourth-order valence-electron chi connectivity index (χ4n) is 8.02. The van der Waals surface area contributed by atoms with E-state index >= 15 is 0 Å².